The van der Waals surface area contributed by atoms with Crippen LogP contribution in [0.25, 0.3) is 10.8 Å². The van der Waals surface area contributed by atoms with E-state index < -0.39 is 7.92 Å². The fourth-order valence-corrected chi connectivity index (χ4v) is 7.24. The molecule has 1 saturated carbocycles. The van der Waals surface area contributed by atoms with E-state index in [-0.39, 0.29) is 11.9 Å². The molecule has 0 heterocycles. The van der Waals surface area contributed by atoms with Crippen molar-refractivity contribution in [1.29, 1.82) is 0 Å². The number of amides is 1. The lowest BCUT2D eigenvalue weighted by Gasteiger charge is -2.26. The lowest BCUT2D eigenvalue weighted by atomic mass is 9.95. The van der Waals surface area contributed by atoms with E-state index in [1.807, 2.05) is 12.1 Å². The number of rotatable bonds is 5. The molecule has 1 N–H and O–H groups in total. The monoisotopic (exact) mass is 437 g/mol. The average Bonchev–Trinajstić information content (AvgIpc) is 2.86. The molecule has 0 spiro atoms. The van der Waals surface area contributed by atoms with Gasteiger partial charge < -0.3 is 5.32 Å². The molecule has 0 aliphatic heterocycles. The third-order valence-electron chi connectivity index (χ3n) is 6.34. The fourth-order valence-electron chi connectivity index (χ4n) is 4.77. The van der Waals surface area contributed by atoms with E-state index in [0.29, 0.717) is 0 Å². The largest absolute Gasteiger partial charge is 0.349 e. The molecule has 0 aromatic heterocycles. The van der Waals surface area contributed by atoms with Gasteiger partial charge >= 0.3 is 0 Å². The molecule has 0 unspecified atom stereocenters. The summed E-state index contributed by atoms with van der Waals surface area (Å²) in [5, 5.41) is 9.20. The number of hydrogen-bond donors (Lipinski definition) is 1. The summed E-state index contributed by atoms with van der Waals surface area (Å²) < 4.78 is 0. The first kappa shape index (κ1) is 20.9. The summed E-state index contributed by atoms with van der Waals surface area (Å²) in [5.74, 6) is 0.0723. The number of fused-ring (bicyclic) bond motifs is 1. The highest BCUT2D eigenvalue weighted by Crippen LogP contribution is 2.36. The van der Waals surface area contributed by atoms with Gasteiger partial charge in [0.05, 0.1) is 5.56 Å². The van der Waals surface area contributed by atoms with Gasteiger partial charge in [-0.1, -0.05) is 116 Å². The summed E-state index contributed by atoms with van der Waals surface area (Å²) in [5.41, 5.74) is 0.840. The second-order valence-corrected chi connectivity index (χ2v) is 10.7. The van der Waals surface area contributed by atoms with Crippen molar-refractivity contribution in [1.82, 2.24) is 5.32 Å². The van der Waals surface area contributed by atoms with Gasteiger partial charge in [0.25, 0.3) is 5.91 Å². The molecule has 3 heteroatoms. The number of carbonyl (C=O) groups is 1. The second-order valence-electron chi connectivity index (χ2n) is 8.50. The van der Waals surface area contributed by atoms with E-state index in [1.54, 1.807) is 0 Å². The Kier molecular flexibility index (Phi) is 6.32. The SMILES string of the molecule is O=C(NC1CCCCC1)c1c(P(c2ccccc2)c2ccccc2)ccc2ccccc12. The zero-order chi connectivity index (χ0) is 21.8. The second kappa shape index (κ2) is 9.67. The molecule has 32 heavy (non-hydrogen) atoms. The number of benzene rings is 4. The van der Waals surface area contributed by atoms with Gasteiger partial charge in [0.1, 0.15) is 0 Å². The van der Waals surface area contributed by atoms with Crippen LogP contribution in [0.1, 0.15) is 42.5 Å². The van der Waals surface area contributed by atoms with Crippen molar-refractivity contribution in [3.8, 4) is 0 Å². The lowest BCUT2D eigenvalue weighted by Crippen LogP contribution is -2.39. The van der Waals surface area contributed by atoms with E-state index in [1.165, 1.54) is 29.9 Å². The van der Waals surface area contributed by atoms with Crippen LogP contribution in [0.5, 0.6) is 0 Å². The third kappa shape index (κ3) is 4.33. The Balaban J connectivity index is 1.68. The first-order chi connectivity index (χ1) is 15.8. The maximum absolute atomic E-state index is 13.8. The van der Waals surface area contributed by atoms with E-state index >= 15 is 0 Å². The van der Waals surface area contributed by atoms with E-state index in [9.17, 15) is 4.79 Å². The molecule has 0 radical (unpaired) electrons. The third-order valence-corrected chi connectivity index (χ3v) is 8.83. The quantitative estimate of drug-likeness (QED) is 0.401. The molecule has 0 saturated heterocycles. The molecular formula is C29H28NOP. The molecule has 0 atom stereocenters. The summed E-state index contributed by atoms with van der Waals surface area (Å²) >= 11 is 0. The first-order valence-electron chi connectivity index (χ1n) is 11.5. The lowest BCUT2D eigenvalue weighted by molar-refractivity contribution is 0.0930. The molecule has 4 aromatic rings. The number of hydrogen-bond acceptors (Lipinski definition) is 1. The summed E-state index contributed by atoms with van der Waals surface area (Å²) in [4.78, 5) is 13.8. The summed E-state index contributed by atoms with van der Waals surface area (Å²) in [6, 6.07) is 34.2. The van der Waals surface area contributed by atoms with Crippen LogP contribution in [0.2, 0.25) is 0 Å². The van der Waals surface area contributed by atoms with Gasteiger partial charge in [-0.05, 0) is 47.4 Å². The fraction of sp³-hybridized carbons (Fsp3) is 0.207. The molecule has 1 fully saturated rings. The minimum absolute atomic E-state index is 0.0723. The van der Waals surface area contributed by atoms with Crippen molar-refractivity contribution < 1.29 is 4.79 Å². The van der Waals surface area contributed by atoms with Gasteiger partial charge in [0.15, 0.2) is 0 Å². The highest BCUT2D eigenvalue weighted by atomic mass is 31.1. The highest BCUT2D eigenvalue weighted by molar-refractivity contribution is 7.80. The van der Waals surface area contributed by atoms with Gasteiger partial charge in [0, 0.05) is 6.04 Å². The van der Waals surface area contributed by atoms with Crippen molar-refractivity contribution in [3.63, 3.8) is 0 Å². The van der Waals surface area contributed by atoms with Gasteiger partial charge in [0.2, 0.25) is 0 Å². The Morgan fingerprint density at radius 2 is 1.28 bits per heavy atom. The van der Waals surface area contributed by atoms with Crippen LogP contribution in [-0.2, 0) is 0 Å². The summed E-state index contributed by atoms with van der Waals surface area (Å²) in [6.07, 6.45) is 5.84. The zero-order valence-electron chi connectivity index (χ0n) is 18.2. The zero-order valence-corrected chi connectivity index (χ0v) is 19.1. The number of carbonyl (C=O) groups excluding carboxylic acids is 1. The van der Waals surface area contributed by atoms with Crippen LogP contribution in [0.4, 0.5) is 0 Å². The Hall–Kier alpha value is -2.96. The van der Waals surface area contributed by atoms with E-state index in [4.69, 9.17) is 0 Å². The minimum Gasteiger partial charge on any atom is -0.349 e. The molecule has 160 valence electrons. The van der Waals surface area contributed by atoms with Crippen LogP contribution in [0.15, 0.2) is 97.1 Å². The summed E-state index contributed by atoms with van der Waals surface area (Å²) in [7, 11) is -0.856. The number of nitrogens with one attached hydrogen (secondary N) is 1. The van der Waals surface area contributed by atoms with E-state index in [0.717, 1.165) is 34.5 Å². The molecule has 4 aromatic carbocycles. The van der Waals surface area contributed by atoms with Gasteiger partial charge in [-0.15, -0.1) is 0 Å². The standard InChI is InChI=1S/C29H28NOP/c31-29(30-23-13-4-1-5-14-23)28-26-19-11-10-12-22(26)20-21-27(28)32(24-15-6-2-7-16-24)25-17-8-3-9-18-25/h2-3,6-12,15-21,23H,1,4-5,13-14H2,(H,30,31). The predicted molar refractivity (Wildman–Crippen MR) is 137 cm³/mol. The van der Waals surface area contributed by atoms with Crippen LogP contribution in [0.3, 0.4) is 0 Å². The molecule has 0 bridgehead atoms. The van der Waals surface area contributed by atoms with Crippen molar-refractivity contribution in [3.05, 3.63) is 103 Å². The first-order valence-corrected chi connectivity index (χ1v) is 12.9. The van der Waals surface area contributed by atoms with Crippen LogP contribution >= 0.6 is 7.92 Å². The van der Waals surface area contributed by atoms with Crippen LogP contribution in [0, 0.1) is 0 Å². The Labute approximate surface area is 191 Å². The normalized spacial score (nSPS) is 14.5. The van der Waals surface area contributed by atoms with Crippen molar-refractivity contribution in [2.75, 3.05) is 0 Å². The average molecular weight is 438 g/mol. The van der Waals surface area contributed by atoms with Gasteiger partial charge in [-0.25, -0.2) is 0 Å². The van der Waals surface area contributed by atoms with Crippen LogP contribution in [-0.4, -0.2) is 11.9 Å². The topological polar surface area (TPSA) is 29.1 Å². The van der Waals surface area contributed by atoms with Crippen molar-refractivity contribution in [2.24, 2.45) is 0 Å². The van der Waals surface area contributed by atoms with E-state index in [2.05, 4.69) is 90.2 Å². The molecule has 1 amide bonds. The molecular weight excluding hydrogens is 409 g/mol. The minimum atomic E-state index is -0.856. The Bertz CT molecular complexity index is 1160. The maximum atomic E-state index is 13.8. The van der Waals surface area contributed by atoms with Crippen molar-refractivity contribution in [2.45, 2.75) is 38.1 Å². The molecule has 1 aliphatic rings. The van der Waals surface area contributed by atoms with Crippen LogP contribution < -0.4 is 21.2 Å². The summed E-state index contributed by atoms with van der Waals surface area (Å²) in [6.45, 7) is 0. The van der Waals surface area contributed by atoms with Gasteiger partial charge in [-0.3, -0.25) is 4.79 Å². The smallest absolute Gasteiger partial charge is 0.252 e. The molecule has 2 nitrogen and oxygen atoms in total. The van der Waals surface area contributed by atoms with Crippen molar-refractivity contribution >= 4 is 40.5 Å². The Morgan fingerprint density at radius 1 is 0.688 bits per heavy atom. The highest BCUT2D eigenvalue weighted by Gasteiger charge is 2.26. The Morgan fingerprint density at radius 3 is 1.94 bits per heavy atom. The molecule has 1 aliphatic carbocycles. The predicted octanol–water partition coefficient (Wildman–Crippen LogP) is 5.66. The van der Waals surface area contributed by atoms with Gasteiger partial charge in [-0.2, -0.15) is 0 Å². The molecule has 5 rings (SSSR count). The maximum Gasteiger partial charge on any atom is 0.252 e.